The molecule has 0 bridgehead atoms. The van der Waals surface area contributed by atoms with E-state index in [1.807, 2.05) is 0 Å². The van der Waals surface area contributed by atoms with E-state index in [9.17, 15) is 13.2 Å². The third-order valence-electron chi connectivity index (χ3n) is 3.20. The molecule has 1 aliphatic rings. The third kappa shape index (κ3) is 4.60. The van der Waals surface area contributed by atoms with Crippen molar-refractivity contribution in [1.29, 1.82) is 0 Å². The fourth-order valence-corrected chi connectivity index (χ4v) is 3.71. The first-order chi connectivity index (χ1) is 9.91. The fourth-order valence-electron chi connectivity index (χ4n) is 1.87. The van der Waals surface area contributed by atoms with Gasteiger partial charge in [0.15, 0.2) is 0 Å². The Kier molecular flexibility index (Phi) is 7.14. The van der Waals surface area contributed by atoms with Crippen molar-refractivity contribution < 1.29 is 13.2 Å². The SMILES string of the molecule is CN(C)S(=O)(=O)c1ccc(CNC(=O)C2CSCN2)cc1.Cl. The predicted octanol–water partition coefficient (Wildman–Crippen LogP) is 0.637. The van der Waals surface area contributed by atoms with Gasteiger partial charge in [0, 0.05) is 32.3 Å². The molecule has 1 heterocycles. The maximum Gasteiger partial charge on any atom is 0.242 e. The molecule has 124 valence electrons. The number of benzene rings is 1. The summed E-state index contributed by atoms with van der Waals surface area (Å²) in [5, 5.41) is 5.95. The second-order valence-electron chi connectivity index (χ2n) is 4.92. The topological polar surface area (TPSA) is 78.5 Å². The second kappa shape index (κ2) is 8.16. The van der Waals surface area contributed by atoms with Crippen LogP contribution in [0.3, 0.4) is 0 Å². The summed E-state index contributed by atoms with van der Waals surface area (Å²) >= 11 is 1.70. The van der Waals surface area contributed by atoms with Crippen molar-refractivity contribution in [2.24, 2.45) is 0 Å². The van der Waals surface area contributed by atoms with Crippen molar-refractivity contribution >= 4 is 40.1 Å². The third-order valence-corrected chi connectivity index (χ3v) is 5.97. The van der Waals surface area contributed by atoms with Gasteiger partial charge < -0.3 is 5.32 Å². The highest BCUT2D eigenvalue weighted by Crippen LogP contribution is 2.14. The van der Waals surface area contributed by atoms with E-state index in [0.29, 0.717) is 6.54 Å². The van der Waals surface area contributed by atoms with Crippen LogP contribution in [0.4, 0.5) is 0 Å². The van der Waals surface area contributed by atoms with Crippen LogP contribution >= 0.6 is 24.2 Å². The van der Waals surface area contributed by atoms with Gasteiger partial charge in [0.25, 0.3) is 0 Å². The van der Waals surface area contributed by atoms with Crippen molar-refractivity contribution in [3.63, 3.8) is 0 Å². The molecule has 22 heavy (non-hydrogen) atoms. The zero-order chi connectivity index (χ0) is 15.5. The smallest absolute Gasteiger partial charge is 0.242 e. The van der Waals surface area contributed by atoms with Gasteiger partial charge in [-0.05, 0) is 17.7 Å². The highest BCUT2D eigenvalue weighted by molar-refractivity contribution is 7.99. The number of carbonyl (C=O) groups excluding carboxylic acids is 1. The van der Waals surface area contributed by atoms with Crippen LogP contribution in [0.2, 0.25) is 0 Å². The normalized spacial score (nSPS) is 18.0. The molecular formula is C13H20ClN3O3S2. The van der Waals surface area contributed by atoms with E-state index in [-0.39, 0.29) is 29.3 Å². The van der Waals surface area contributed by atoms with Gasteiger partial charge in [0.05, 0.1) is 10.9 Å². The number of rotatable bonds is 5. The summed E-state index contributed by atoms with van der Waals surface area (Å²) in [6, 6.07) is 6.41. The summed E-state index contributed by atoms with van der Waals surface area (Å²) in [6.45, 7) is 0.393. The van der Waals surface area contributed by atoms with Crippen molar-refractivity contribution in [2.75, 3.05) is 25.7 Å². The van der Waals surface area contributed by atoms with Gasteiger partial charge in [0.1, 0.15) is 0 Å². The number of sulfonamides is 1. The van der Waals surface area contributed by atoms with E-state index < -0.39 is 10.0 Å². The van der Waals surface area contributed by atoms with Gasteiger partial charge in [-0.1, -0.05) is 12.1 Å². The Labute approximate surface area is 141 Å². The molecule has 0 saturated carbocycles. The lowest BCUT2D eigenvalue weighted by atomic mass is 10.2. The molecule has 6 nitrogen and oxygen atoms in total. The molecule has 1 unspecified atom stereocenters. The Morgan fingerprint density at radius 3 is 2.50 bits per heavy atom. The van der Waals surface area contributed by atoms with Gasteiger partial charge in [-0.3, -0.25) is 10.1 Å². The molecule has 1 aromatic rings. The van der Waals surface area contributed by atoms with Gasteiger partial charge in [0.2, 0.25) is 15.9 Å². The highest BCUT2D eigenvalue weighted by atomic mass is 35.5. The lowest BCUT2D eigenvalue weighted by Gasteiger charge is -2.13. The predicted molar refractivity (Wildman–Crippen MR) is 90.7 cm³/mol. The number of carbonyl (C=O) groups is 1. The molecule has 0 aliphatic carbocycles. The number of halogens is 1. The molecule has 2 rings (SSSR count). The number of hydrogen-bond donors (Lipinski definition) is 2. The fraction of sp³-hybridized carbons (Fsp3) is 0.462. The summed E-state index contributed by atoms with van der Waals surface area (Å²) in [6.07, 6.45) is 0. The average Bonchev–Trinajstić information content (AvgIpc) is 2.99. The number of nitrogens with zero attached hydrogens (tertiary/aromatic N) is 1. The lowest BCUT2D eigenvalue weighted by molar-refractivity contribution is -0.122. The Hall–Kier alpha value is -0.800. The van der Waals surface area contributed by atoms with E-state index >= 15 is 0 Å². The van der Waals surface area contributed by atoms with Crippen LogP contribution in [0.25, 0.3) is 0 Å². The Balaban J connectivity index is 0.00000242. The molecule has 0 radical (unpaired) electrons. The first kappa shape index (κ1) is 19.2. The number of amides is 1. The van der Waals surface area contributed by atoms with Crippen molar-refractivity contribution in [2.45, 2.75) is 17.5 Å². The van der Waals surface area contributed by atoms with E-state index in [4.69, 9.17) is 0 Å². The summed E-state index contributed by atoms with van der Waals surface area (Å²) in [5.74, 6) is 1.56. The van der Waals surface area contributed by atoms with Gasteiger partial charge in [-0.2, -0.15) is 0 Å². The lowest BCUT2D eigenvalue weighted by Crippen LogP contribution is -2.41. The first-order valence-corrected chi connectivity index (χ1v) is 9.11. The Morgan fingerprint density at radius 1 is 1.36 bits per heavy atom. The van der Waals surface area contributed by atoms with Crippen LogP contribution in [0.15, 0.2) is 29.2 Å². The average molecular weight is 366 g/mol. The van der Waals surface area contributed by atoms with E-state index in [1.165, 1.54) is 18.4 Å². The number of hydrogen-bond acceptors (Lipinski definition) is 5. The molecule has 1 fully saturated rings. The second-order valence-corrected chi connectivity index (χ2v) is 8.10. The Bertz CT molecular complexity index is 599. The monoisotopic (exact) mass is 365 g/mol. The van der Waals surface area contributed by atoms with Crippen LogP contribution in [-0.2, 0) is 21.4 Å². The summed E-state index contributed by atoms with van der Waals surface area (Å²) < 4.78 is 25.0. The zero-order valence-corrected chi connectivity index (χ0v) is 14.9. The number of thioether (sulfide) groups is 1. The maximum absolute atomic E-state index is 11.9. The van der Waals surface area contributed by atoms with E-state index in [2.05, 4.69) is 10.6 Å². The van der Waals surface area contributed by atoms with Crippen molar-refractivity contribution in [3.8, 4) is 0 Å². The van der Waals surface area contributed by atoms with Crippen molar-refractivity contribution in [1.82, 2.24) is 14.9 Å². The van der Waals surface area contributed by atoms with Crippen molar-refractivity contribution in [3.05, 3.63) is 29.8 Å². The molecule has 1 aromatic carbocycles. The molecule has 1 amide bonds. The molecule has 0 spiro atoms. The largest absolute Gasteiger partial charge is 0.351 e. The molecule has 2 N–H and O–H groups in total. The highest BCUT2D eigenvalue weighted by Gasteiger charge is 2.22. The van der Waals surface area contributed by atoms with E-state index in [1.54, 1.807) is 36.0 Å². The Morgan fingerprint density at radius 2 is 2.00 bits per heavy atom. The minimum atomic E-state index is -3.40. The van der Waals surface area contributed by atoms with Crippen LogP contribution in [-0.4, -0.2) is 50.4 Å². The van der Waals surface area contributed by atoms with Gasteiger partial charge in [-0.25, -0.2) is 12.7 Å². The molecule has 9 heteroatoms. The minimum absolute atomic E-state index is 0. The quantitative estimate of drug-likeness (QED) is 0.800. The van der Waals surface area contributed by atoms with Gasteiger partial charge in [-0.15, -0.1) is 24.2 Å². The van der Waals surface area contributed by atoms with Crippen LogP contribution in [0.1, 0.15) is 5.56 Å². The minimum Gasteiger partial charge on any atom is -0.351 e. The summed E-state index contributed by atoms with van der Waals surface area (Å²) in [5.41, 5.74) is 0.867. The maximum atomic E-state index is 11.9. The zero-order valence-electron chi connectivity index (χ0n) is 12.4. The van der Waals surface area contributed by atoms with Crippen LogP contribution in [0, 0.1) is 0 Å². The number of nitrogens with one attached hydrogen (secondary N) is 2. The molecule has 0 aromatic heterocycles. The van der Waals surface area contributed by atoms with Crippen LogP contribution in [0.5, 0.6) is 0 Å². The molecule has 1 atom stereocenters. The first-order valence-electron chi connectivity index (χ1n) is 6.51. The summed E-state index contributed by atoms with van der Waals surface area (Å²) in [4.78, 5) is 12.1. The summed E-state index contributed by atoms with van der Waals surface area (Å²) in [7, 11) is -0.413. The molecule has 1 saturated heterocycles. The van der Waals surface area contributed by atoms with Crippen LogP contribution < -0.4 is 10.6 Å². The van der Waals surface area contributed by atoms with Gasteiger partial charge >= 0.3 is 0 Å². The standard InChI is InChI=1S/C13H19N3O3S2.ClH/c1-16(2)21(18,19)11-5-3-10(4-6-11)7-14-13(17)12-8-20-9-15-12;/h3-6,12,15H,7-9H2,1-2H3,(H,14,17);1H. The molecular weight excluding hydrogens is 346 g/mol. The molecule has 1 aliphatic heterocycles. The van der Waals surface area contributed by atoms with E-state index in [0.717, 1.165) is 17.2 Å².